The SMILES string of the molecule is Nc1cccc(C(=O)Nc2cc(C3(c4ccc(O)c(NC(=O)c5cccc(N)c5)c4)c4ccccc4-c4ccccc43)ccc2O)c1. The highest BCUT2D eigenvalue weighted by Gasteiger charge is 2.46. The van der Waals surface area contributed by atoms with Gasteiger partial charge in [-0.15, -0.1) is 0 Å². The number of aromatic hydroxyl groups is 2. The van der Waals surface area contributed by atoms with Crippen molar-refractivity contribution in [3.63, 3.8) is 0 Å². The molecule has 0 bridgehead atoms. The monoisotopic (exact) mass is 618 g/mol. The number of carbonyl (C=O) groups is 2. The molecule has 47 heavy (non-hydrogen) atoms. The maximum absolute atomic E-state index is 13.3. The lowest BCUT2D eigenvalue weighted by atomic mass is 9.67. The largest absolute Gasteiger partial charge is 0.506 e. The van der Waals surface area contributed by atoms with Gasteiger partial charge in [0.05, 0.1) is 16.8 Å². The van der Waals surface area contributed by atoms with Crippen LogP contribution in [-0.4, -0.2) is 22.0 Å². The first-order valence-corrected chi connectivity index (χ1v) is 15.0. The lowest BCUT2D eigenvalue weighted by Gasteiger charge is -2.34. The summed E-state index contributed by atoms with van der Waals surface area (Å²) in [5.74, 6) is -1.08. The normalized spacial score (nSPS) is 12.5. The lowest BCUT2D eigenvalue weighted by Crippen LogP contribution is -2.29. The molecule has 0 saturated heterocycles. The number of nitrogens with one attached hydrogen (secondary N) is 2. The van der Waals surface area contributed by atoms with Crippen LogP contribution in [0.4, 0.5) is 22.7 Å². The molecule has 2 amide bonds. The molecule has 1 aliphatic carbocycles. The van der Waals surface area contributed by atoms with E-state index in [1.54, 1.807) is 72.8 Å². The average molecular weight is 619 g/mol. The minimum atomic E-state index is -0.970. The van der Waals surface area contributed by atoms with Crippen LogP contribution in [0.25, 0.3) is 11.1 Å². The Morgan fingerprint density at radius 1 is 0.511 bits per heavy atom. The zero-order chi connectivity index (χ0) is 32.7. The molecule has 0 fully saturated rings. The van der Waals surface area contributed by atoms with Gasteiger partial charge in [0.1, 0.15) is 11.5 Å². The summed E-state index contributed by atoms with van der Waals surface area (Å²) in [5.41, 5.74) is 18.3. The predicted octanol–water partition coefficient (Wildman–Crippen LogP) is 7.13. The number of phenolic OH excluding ortho intramolecular Hbond substituents is 2. The number of amides is 2. The summed E-state index contributed by atoms with van der Waals surface area (Å²) < 4.78 is 0. The zero-order valence-electron chi connectivity index (χ0n) is 25.1. The Morgan fingerprint density at radius 2 is 0.936 bits per heavy atom. The second-order valence-corrected chi connectivity index (χ2v) is 11.5. The maximum atomic E-state index is 13.3. The van der Waals surface area contributed by atoms with E-state index in [-0.39, 0.29) is 22.9 Å². The Morgan fingerprint density at radius 3 is 1.36 bits per heavy atom. The Hall–Kier alpha value is -6.54. The van der Waals surface area contributed by atoms with E-state index in [2.05, 4.69) is 22.8 Å². The number of hydrogen-bond donors (Lipinski definition) is 6. The van der Waals surface area contributed by atoms with Crippen LogP contribution in [0.2, 0.25) is 0 Å². The number of phenols is 2. The van der Waals surface area contributed by atoms with Crippen molar-refractivity contribution in [2.45, 2.75) is 5.41 Å². The third-order valence-corrected chi connectivity index (χ3v) is 8.61. The van der Waals surface area contributed by atoms with Crippen LogP contribution in [0.5, 0.6) is 11.5 Å². The molecule has 6 aromatic rings. The van der Waals surface area contributed by atoms with Gasteiger partial charge in [-0.3, -0.25) is 9.59 Å². The van der Waals surface area contributed by atoms with Gasteiger partial charge >= 0.3 is 0 Å². The highest BCUT2D eigenvalue weighted by Crippen LogP contribution is 2.57. The quantitative estimate of drug-likeness (QED) is 0.0862. The Kier molecular flexibility index (Phi) is 7.10. The standard InChI is InChI=1S/C39H30N4O4/c40-27-9-5-7-23(19-27)37(46)42-33-21-25(15-17-35(33)44)39(31-13-3-1-11-29(31)30-12-2-4-14-32(30)39)26-16-18-36(45)34(22-26)43-38(47)24-8-6-10-28(41)20-24/h1-22,44-45H,40-41H2,(H,42,46)(H,43,47). The van der Waals surface area contributed by atoms with Gasteiger partial charge in [0.25, 0.3) is 11.8 Å². The van der Waals surface area contributed by atoms with Crippen molar-refractivity contribution in [2.75, 3.05) is 22.1 Å². The smallest absolute Gasteiger partial charge is 0.255 e. The summed E-state index contributed by atoms with van der Waals surface area (Å²) in [6.45, 7) is 0. The van der Waals surface area contributed by atoms with Crippen LogP contribution in [0.1, 0.15) is 43.0 Å². The van der Waals surface area contributed by atoms with Gasteiger partial charge in [-0.25, -0.2) is 0 Å². The second-order valence-electron chi connectivity index (χ2n) is 11.5. The zero-order valence-corrected chi connectivity index (χ0v) is 25.1. The molecule has 8 N–H and O–H groups in total. The van der Waals surface area contributed by atoms with Crippen LogP contribution in [0.15, 0.2) is 133 Å². The first-order chi connectivity index (χ1) is 22.8. The highest BCUT2D eigenvalue weighted by molar-refractivity contribution is 6.06. The van der Waals surface area contributed by atoms with Gasteiger partial charge in [-0.2, -0.15) is 0 Å². The molecule has 0 atom stereocenters. The van der Waals surface area contributed by atoms with Gasteiger partial charge in [-0.1, -0.05) is 72.8 Å². The van der Waals surface area contributed by atoms with E-state index in [9.17, 15) is 19.8 Å². The fourth-order valence-electron chi connectivity index (χ4n) is 6.51. The Labute approximate surface area is 270 Å². The van der Waals surface area contributed by atoms with Crippen LogP contribution < -0.4 is 22.1 Å². The van der Waals surface area contributed by atoms with Gasteiger partial charge in [0.15, 0.2) is 0 Å². The molecule has 6 aromatic carbocycles. The molecule has 0 radical (unpaired) electrons. The third kappa shape index (κ3) is 4.98. The summed E-state index contributed by atoms with van der Waals surface area (Å²) in [5, 5.41) is 27.6. The van der Waals surface area contributed by atoms with Gasteiger partial charge in [-0.05, 0) is 94.0 Å². The number of anilines is 4. The molecule has 0 aromatic heterocycles. The number of carbonyl (C=O) groups excluding carboxylic acids is 2. The van der Waals surface area contributed by atoms with E-state index in [1.165, 1.54) is 0 Å². The van der Waals surface area contributed by atoms with Crippen molar-refractivity contribution in [1.29, 1.82) is 0 Å². The molecular weight excluding hydrogens is 588 g/mol. The number of nitrogens with two attached hydrogens (primary N) is 2. The molecule has 0 aliphatic heterocycles. The van der Waals surface area contributed by atoms with Crippen molar-refractivity contribution in [3.05, 3.63) is 167 Å². The van der Waals surface area contributed by atoms with E-state index in [0.717, 1.165) is 33.4 Å². The molecule has 8 nitrogen and oxygen atoms in total. The fraction of sp³-hybridized carbons (Fsp3) is 0.0256. The van der Waals surface area contributed by atoms with Crippen molar-refractivity contribution in [3.8, 4) is 22.6 Å². The summed E-state index contributed by atoms with van der Waals surface area (Å²) in [6, 6.07) is 39.6. The average Bonchev–Trinajstić information content (AvgIpc) is 3.38. The number of benzene rings is 6. The van der Waals surface area contributed by atoms with Gasteiger partial charge < -0.3 is 32.3 Å². The van der Waals surface area contributed by atoms with Crippen molar-refractivity contribution < 1.29 is 19.8 Å². The van der Waals surface area contributed by atoms with Crippen LogP contribution >= 0.6 is 0 Å². The number of rotatable bonds is 6. The van der Waals surface area contributed by atoms with Crippen molar-refractivity contribution >= 4 is 34.6 Å². The third-order valence-electron chi connectivity index (χ3n) is 8.61. The summed E-state index contributed by atoms with van der Waals surface area (Å²) >= 11 is 0. The Bertz CT molecular complexity index is 2050. The van der Waals surface area contributed by atoms with Crippen LogP contribution in [0, 0.1) is 0 Å². The summed E-state index contributed by atoms with van der Waals surface area (Å²) in [6.07, 6.45) is 0. The lowest BCUT2D eigenvalue weighted by molar-refractivity contribution is 0.101. The molecule has 0 saturated carbocycles. The Balaban J connectivity index is 1.41. The molecule has 1 aliphatic rings. The molecule has 230 valence electrons. The van der Waals surface area contributed by atoms with Gasteiger partial charge in [0, 0.05) is 22.5 Å². The summed E-state index contributed by atoms with van der Waals surface area (Å²) in [4.78, 5) is 26.5. The van der Waals surface area contributed by atoms with Crippen LogP contribution in [0.3, 0.4) is 0 Å². The van der Waals surface area contributed by atoms with E-state index in [4.69, 9.17) is 11.5 Å². The minimum absolute atomic E-state index is 0.110. The first kappa shape index (κ1) is 29.2. The first-order valence-electron chi connectivity index (χ1n) is 15.0. The van der Waals surface area contributed by atoms with Crippen molar-refractivity contribution in [2.24, 2.45) is 0 Å². The maximum Gasteiger partial charge on any atom is 0.255 e. The molecule has 0 unspecified atom stereocenters. The minimum Gasteiger partial charge on any atom is -0.506 e. The van der Waals surface area contributed by atoms with E-state index < -0.39 is 17.2 Å². The van der Waals surface area contributed by atoms with E-state index >= 15 is 0 Å². The molecule has 7 rings (SSSR count). The van der Waals surface area contributed by atoms with E-state index in [0.29, 0.717) is 22.5 Å². The summed E-state index contributed by atoms with van der Waals surface area (Å²) in [7, 11) is 0. The highest BCUT2D eigenvalue weighted by atomic mass is 16.3. The molecule has 0 heterocycles. The number of fused-ring (bicyclic) bond motifs is 3. The van der Waals surface area contributed by atoms with Crippen LogP contribution in [-0.2, 0) is 5.41 Å². The molecule has 0 spiro atoms. The molecule has 8 heteroatoms. The van der Waals surface area contributed by atoms with Gasteiger partial charge in [0.2, 0.25) is 0 Å². The number of hydrogen-bond acceptors (Lipinski definition) is 6. The molecular formula is C39H30N4O4. The second kappa shape index (κ2) is 11.4. The topological polar surface area (TPSA) is 151 Å². The predicted molar refractivity (Wildman–Crippen MR) is 185 cm³/mol. The fourth-order valence-corrected chi connectivity index (χ4v) is 6.51. The van der Waals surface area contributed by atoms with E-state index in [1.807, 2.05) is 48.5 Å². The number of nitrogen functional groups attached to an aromatic ring is 2. The van der Waals surface area contributed by atoms with Crippen molar-refractivity contribution in [1.82, 2.24) is 0 Å².